The quantitative estimate of drug-likeness (QED) is 0.562. The summed E-state index contributed by atoms with van der Waals surface area (Å²) in [6.45, 7) is 6.21. The minimum absolute atomic E-state index is 0.0959. The number of carbonyl (C=O) groups excluding carboxylic acids is 2. The molecule has 3 aromatic rings. The number of primary amides is 1. The zero-order valence-electron chi connectivity index (χ0n) is 17.5. The molecule has 0 radical (unpaired) electrons. The number of nitrogens with two attached hydrogens (primary N) is 1. The van der Waals surface area contributed by atoms with E-state index in [1.807, 2.05) is 80.1 Å². The first-order valence-electron chi connectivity index (χ1n) is 9.85. The highest BCUT2D eigenvalue weighted by Gasteiger charge is 2.20. The van der Waals surface area contributed by atoms with Crippen LogP contribution in [-0.4, -0.2) is 21.7 Å². The standard InChI is InChI=1S/C23H27N5O2/c1-15-9-7-8-12-19(15)21(26-23(24)30)13-22(29)25-14-20-16(2)27-28(17(20)3)18-10-5-4-6-11-18/h4-12,21H,13-14H2,1-3H3,(H,25,29)(H3,24,26,30)/t21-/m1/s1. The van der Waals surface area contributed by atoms with Crippen molar-refractivity contribution >= 4 is 11.9 Å². The molecule has 0 unspecified atom stereocenters. The maximum atomic E-state index is 12.7. The third kappa shape index (κ3) is 4.86. The number of urea groups is 1. The molecule has 1 aromatic heterocycles. The summed E-state index contributed by atoms with van der Waals surface area (Å²) in [5, 5.41) is 10.2. The van der Waals surface area contributed by atoms with Crippen LogP contribution in [0.1, 0.15) is 40.5 Å². The van der Waals surface area contributed by atoms with Crippen LogP contribution in [-0.2, 0) is 11.3 Å². The van der Waals surface area contributed by atoms with Crippen LogP contribution in [0.15, 0.2) is 54.6 Å². The van der Waals surface area contributed by atoms with Gasteiger partial charge < -0.3 is 16.4 Å². The average Bonchev–Trinajstić information content (AvgIpc) is 3.00. The Hall–Kier alpha value is -3.61. The van der Waals surface area contributed by atoms with E-state index in [9.17, 15) is 9.59 Å². The van der Waals surface area contributed by atoms with Gasteiger partial charge in [0.05, 0.1) is 23.8 Å². The molecule has 0 aliphatic carbocycles. The van der Waals surface area contributed by atoms with Crippen molar-refractivity contribution in [2.75, 3.05) is 0 Å². The zero-order valence-corrected chi connectivity index (χ0v) is 17.5. The molecule has 0 saturated heterocycles. The number of amides is 3. The van der Waals surface area contributed by atoms with Crippen LogP contribution in [0.4, 0.5) is 4.79 Å². The second-order valence-corrected chi connectivity index (χ2v) is 7.30. The lowest BCUT2D eigenvalue weighted by molar-refractivity contribution is -0.121. The summed E-state index contributed by atoms with van der Waals surface area (Å²) in [5.41, 5.74) is 11.0. The Morgan fingerprint density at radius 3 is 2.37 bits per heavy atom. The zero-order chi connectivity index (χ0) is 21.7. The summed E-state index contributed by atoms with van der Waals surface area (Å²) in [7, 11) is 0. The van der Waals surface area contributed by atoms with E-state index in [-0.39, 0.29) is 12.3 Å². The number of rotatable bonds is 7. The largest absolute Gasteiger partial charge is 0.352 e. The van der Waals surface area contributed by atoms with Gasteiger partial charge in [-0.1, -0.05) is 42.5 Å². The molecular weight excluding hydrogens is 378 g/mol. The van der Waals surface area contributed by atoms with Gasteiger partial charge in [-0.25, -0.2) is 9.48 Å². The van der Waals surface area contributed by atoms with Crippen LogP contribution in [0.2, 0.25) is 0 Å². The number of nitrogens with one attached hydrogen (secondary N) is 2. The lowest BCUT2D eigenvalue weighted by Gasteiger charge is -2.19. The highest BCUT2D eigenvalue weighted by Crippen LogP contribution is 2.21. The van der Waals surface area contributed by atoms with Gasteiger partial charge in [0.1, 0.15) is 0 Å². The number of benzene rings is 2. The topological polar surface area (TPSA) is 102 Å². The fourth-order valence-corrected chi connectivity index (χ4v) is 3.58. The fourth-order valence-electron chi connectivity index (χ4n) is 3.58. The Bertz CT molecular complexity index is 1040. The Kier molecular flexibility index (Phi) is 6.51. The Morgan fingerprint density at radius 1 is 1.03 bits per heavy atom. The number of hydrogen-bond donors (Lipinski definition) is 3. The van der Waals surface area contributed by atoms with Crippen LogP contribution >= 0.6 is 0 Å². The molecule has 7 nitrogen and oxygen atoms in total. The summed E-state index contributed by atoms with van der Waals surface area (Å²) >= 11 is 0. The first kappa shape index (κ1) is 21.1. The first-order chi connectivity index (χ1) is 14.4. The molecule has 156 valence electrons. The monoisotopic (exact) mass is 405 g/mol. The number of aromatic nitrogens is 2. The van der Waals surface area contributed by atoms with Crippen LogP contribution in [0.25, 0.3) is 5.69 Å². The fraction of sp³-hybridized carbons (Fsp3) is 0.261. The Balaban J connectivity index is 1.71. The van der Waals surface area contributed by atoms with E-state index in [1.165, 1.54) is 0 Å². The normalized spacial score (nSPS) is 11.7. The van der Waals surface area contributed by atoms with Crippen LogP contribution in [0.3, 0.4) is 0 Å². The van der Waals surface area contributed by atoms with E-state index in [0.717, 1.165) is 33.8 Å². The predicted octanol–water partition coefficient (Wildman–Crippen LogP) is 3.21. The minimum atomic E-state index is -0.660. The van der Waals surface area contributed by atoms with Crippen molar-refractivity contribution in [2.24, 2.45) is 5.73 Å². The van der Waals surface area contributed by atoms with Gasteiger partial charge in [-0.15, -0.1) is 0 Å². The molecule has 3 amide bonds. The molecular formula is C23H27N5O2. The number of para-hydroxylation sites is 1. The van der Waals surface area contributed by atoms with Crippen molar-refractivity contribution in [1.29, 1.82) is 0 Å². The molecule has 0 bridgehead atoms. The van der Waals surface area contributed by atoms with Crippen molar-refractivity contribution in [2.45, 2.75) is 39.8 Å². The predicted molar refractivity (Wildman–Crippen MR) is 116 cm³/mol. The van der Waals surface area contributed by atoms with E-state index < -0.39 is 12.1 Å². The van der Waals surface area contributed by atoms with Gasteiger partial charge in [0, 0.05) is 17.8 Å². The van der Waals surface area contributed by atoms with Crippen molar-refractivity contribution < 1.29 is 9.59 Å². The molecule has 0 fully saturated rings. The Morgan fingerprint density at radius 2 is 1.70 bits per heavy atom. The van der Waals surface area contributed by atoms with Crippen molar-refractivity contribution in [3.8, 4) is 5.69 Å². The highest BCUT2D eigenvalue weighted by atomic mass is 16.2. The molecule has 1 atom stereocenters. The van der Waals surface area contributed by atoms with Gasteiger partial charge in [-0.2, -0.15) is 5.10 Å². The van der Waals surface area contributed by atoms with Gasteiger partial charge in [0.25, 0.3) is 0 Å². The van der Waals surface area contributed by atoms with Crippen molar-refractivity contribution in [3.05, 3.63) is 82.7 Å². The SMILES string of the molecule is Cc1ccccc1[C@@H](CC(=O)NCc1c(C)nn(-c2ccccc2)c1C)NC(N)=O. The third-order valence-corrected chi connectivity index (χ3v) is 5.17. The summed E-state index contributed by atoms with van der Waals surface area (Å²) in [4.78, 5) is 24.1. The first-order valence-corrected chi connectivity index (χ1v) is 9.85. The van der Waals surface area contributed by atoms with Gasteiger partial charge in [-0.05, 0) is 44.0 Å². The molecule has 1 heterocycles. The summed E-state index contributed by atoms with van der Waals surface area (Å²) in [6.07, 6.45) is 0.0959. The van der Waals surface area contributed by atoms with E-state index in [0.29, 0.717) is 6.54 Å². The van der Waals surface area contributed by atoms with Crippen LogP contribution in [0, 0.1) is 20.8 Å². The Labute approximate surface area is 176 Å². The van der Waals surface area contributed by atoms with Gasteiger partial charge >= 0.3 is 6.03 Å². The molecule has 0 aliphatic rings. The van der Waals surface area contributed by atoms with Crippen molar-refractivity contribution in [3.63, 3.8) is 0 Å². The molecule has 7 heteroatoms. The maximum Gasteiger partial charge on any atom is 0.312 e. The minimum Gasteiger partial charge on any atom is -0.352 e. The van der Waals surface area contributed by atoms with Crippen molar-refractivity contribution in [1.82, 2.24) is 20.4 Å². The number of hydrogen-bond acceptors (Lipinski definition) is 3. The molecule has 30 heavy (non-hydrogen) atoms. The summed E-state index contributed by atoms with van der Waals surface area (Å²) < 4.78 is 1.88. The second-order valence-electron chi connectivity index (χ2n) is 7.30. The molecule has 3 rings (SSSR count). The lowest BCUT2D eigenvalue weighted by Crippen LogP contribution is -2.37. The van der Waals surface area contributed by atoms with E-state index in [2.05, 4.69) is 15.7 Å². The molecule has 0 aliphatic heterocycles. The van der Waals surface area contributed by atoms with E-state index >= 15 is 0 Å². The van der Waals surface area contributed by atoms with E-state index in [1.54, 1.807) is 0 Å². The maximum absolute atomic E-state index is 12.7. The van der Waals surface area contributed by atoms with Crippen LogP contribution < -0.4 is 16.4 Å². The number of aryl methyl sites for hydroxylation is 2. The highest BCUT2D eigenvalue weighted by molar-refractivity contribution is 5.79. The van der Waals surface area contributed by atoms with E-state index in [4.69, 9.17) is 5.73 Å². The smallest absolute Gasteiger partial charge is 0.312 e. The average molecular weight is 406 g/mol. The lowest BCUT2D eigenvalue weighted by atomic mass is 9.98. The molecule has 4 N–H and O–H groups in total. The van der Waals surface area contributed by atoms with Gasteiger partial charge in [0.15, 0.2) is 0 Å². The van der Waals surface area contributed by atoms with Gasteiger partial charge in [-0.3, -0.25) is 4.79 Å². The van der Waals surface area contributed by atoms with Crippen LogP contribution in [0.5, 0.6) is 0 Å². The summed E-state index contributed by atoms with van der Waals surface area (Å²) in [5.74, 6) is -0.178. The number of carbonyl (C=O) groups is 2. The second kappa shape index (κ2) is 9.26. The van der Waals surface area contributed by atoms with Gasteiger partial charge in [0.2, 0.25) is 5.91 Å². The molecule has 2 aromatic carbocycles. The molecule has 0 spiro atoms. The third-order valence-electron chi connectivity index (χ3n) is 5.17. The molecule has 0 saturated carbocycles. The summed E-state index contributed by atoms with van der Waals surface area (Å²) in [6, 6.07) is 16.3. The number of nitrogens with zero attached hydrogens (tertiary/aromatic N) is 2.